The van der Waals surface area contributed by atoms with Crippen LogP contribution in [0.5, 0.6) is 5.75 Å². The maximum Gasteiger partial charge on any atom is 0.119 e. The zero-order chi connectivity index (χ0) is 13.5. The van der Waals surface area contributed by atoms with Crippen molar-refractivity contribution in [1.29, 1.82) is 0 Å². The fraction of sp³-hybridized carbons (Fsp3) is 0.467. The lowest BCUT2D eigenvalue weighted by Gasteiger charge is -2.21. The quantitative estimate of drug-likeness (QED) is 0.750. The molecule has 1 aromatic carbocycles. The Balaban J connectivity index is 2.98. The van der Waals surface area contributed by atoms with Gasteiger partial charge in [0.1, 0.15) is 5.75 Å². The molecule has 0 radical (unpaired) electrons. The highest BCUT2D eigenvalue weighted by molar-refractivity contribution is 9.10. The lowest BCUT2D eigenvalue weighted by atomic mass is 10.00. The van der Waals surface area contributed by atoms with Gasteiger partial charge in [-0.3, -0.25) is 0 Å². The van der Waals surface area contributed by atoms with Gasteiger partial charge in [-0.15, -0.1) is 6.58 Å². The van der Waals surface area contributed by atoms with Gasteiger partial charge in [0.05, 0.1) is 7.11 Å². The van der Waals surface area contributed by atoms with Gasteiger partial charge in [-0.05, 0) is 50.1 Å². The number of nitrogens with one attached hydrogen (secondary N) is 1. The lowest BCUT2D eigenvalue weighted by Crippen LogP contribution is -2.22. The average molecular weight is 312 g/mol. The third-order valence-electron chi connectivity index (χ3n) is 2.77. The molecule has 0 aliphatic rings. The summed E-state index contributed by atoms with van der Waals surface area (Å²) < 4.78 is 6.41. The Morgan fingerprint density at radius 3 is 2.78 bits per heavy atom. The van der Waals surface area contributed by atoms with Crippen molar-refractivity contribution in [3.05, 3.63) is 40.4 Å². The molecule has 0 bridgehead atoms. The molecule has 1 unspecified atom stereocenters. The molecule has 2 nitrogen and oxygen atoms in total. The summed E-state index contributed by atoms with van der Waals surface area (Å²) >= 11 is 3.62. The summed E-state index contributed by atoms with van der Waals surface area (Å²) in [5.74, 6) is 0.887. The van der Waals surface area contributed by atoms with Gasteiger partial charge in [-0.2, -0.15) is 0 Å². The summed E-state index contributed by atoms with van der Waals surface area (Å²) in [5, 5.41) is 3.56. The van der Waals surface area contributed by atoms with Crippen molar-refractivity contribution in [3.63, 3.8) is 0 Å². The Bertz CT molecular complexity index is 403. The molecule has 100 valence electrons. The largest absolute Gasteiger partial charge is 0.497 e. The average Bonchev–Trinajstić information content (AvgIpc) is 2.35. The zero-order valence-electron chi connectivity index (χ0n) is 11.4. The molecule has 1 N–H and O–H groups in total. The maximum absolute atomic E-state index is 5.30. The summed E-state index contributed by atoms with van der Waals surface area (Å²) in [6, 6.07) is 6.37. The minimum atomic E-state index is 0.284. The second-order valence-corrected chi connectivity index (χ2v) is 5.41. The van der Waals surface area contributed by atoms with Gasteiger partial charge in [0.2, 0.25) is 0 Å². The lowest BCUT2D eigenvalue weighted by molar-refractivity contribution is 0.412. The van der Waals surface area contributed by atoms with Crippen LogP contribution in [0, 0.1) is 0 Å². The molecule has 1 aromatic rings. The molecule has 3 heteroatoms. The predicted octanol–water partition coefficient (Wildman–Crippen LogP) is 4.46. The molecule has 1 atom stereocenters. The molecule has 18 heavy (non-hydrogen) atoms. The van der Waals surface area contributed by atoms with E-state index in [2.05, 4.69) is 47.7 Å². The standard InChI is InChI=1S/C15H22BrNO/c1-5-8-17-15(9-11(2)3)13-10-12(18-4)6-7-14(13)16/h6-7,10,15,17H,2,5,8-9H2,1,3-4H3. The van der Waals surface area contributed by atoms with Gasteiger partial charge >= 0.3 is 0 Å². The fourth-order valence-electron chi connectivity index (χ4n) is 1.87. The van der Waals surface area contributed by atoms with E-state index < -0.39 is 0 Å². The first-order valence-electron chi connectivity index (χ1n) is 6.29. The van der Waals surface area contributed by atoms with Crippen molar-refractivity contribution < 1.29 is 4.74 Å². The summed E-state index contributed by atoms with van der Waals surface area (Å²) in [6.45, 7) is 9.25. The molecule has 0 amide bonds. The molecule has 0 saturated carbocycles. The third-order valence-corrected chi connectivity index (χ3v) is 3.49. The topological polar surface area (TPSA) is 21.3 Å². The van der Waals surface area contributed by atoms with Crippen LogP contribution in [-0.4, -0.2) is 13.7 Å². The number of hydrogen-bond acceptors (Lipinski definition) is 2. The number of hydrogen-bond donors (Lipinski definition) is 1. The Kier molecular flexibility index (Phi) is 6.44. The van der Waals surface area contributed by atoms with Gasteiger partial charge < -0.3 is 10.1 Å². The van der Waals surface area contributed by atoms with Crippen molar-refractivity contribution in [3.8, 4) is 5.75 Å². The van der Waals surface area contributed by atoms with E-state index in [1.807, 2.05) is 12.1 Å². The van der Waals surface area contributed by atoms with Gasteiger partial charge in [-0.1, -0.05) is 28.4 Å². The third kappa shape index (κ3) is 4.46. The van der Waals surface area contributed by atoms with Crippen LogP contribution in [0.15, 0.2) is 34.8 Å². The smallest absolute Gasteiger partial charge is 0.119 e. The highest BCUT2D eigenvalue weighted by atomic mass is 79.9. The Morgan fingerprint density at radius 1 is 1.50 bits per heavy atom. The number of methoxy groups -OCH3 is 1. The van der Waals surface area contributed by atoms with Crippen LogP contribution in [0.3, 0.4) is 0 Å². The van der Waals surface area contributed by atoms with Crippen molar-refractivity contribution in [2.75, 3.05) is 13.7 Å². The van der Waals surface area contributed by atoms with Crippen LogP contribution in [-0.2, 0) is 0 Å². The van der Waals surface area contributed by atoms with Crippen molar-refractivity contribution in [2.24, 2.45) is 0 Å². The van der Waals surface area contributed by atoms with Crippen LogP contribution in [0.4, 0.5) is 0 Å². The first-order chi connectivity index (χ1) is 8.58. The summed E-state index contributed by atoms with van der Waals surface area (Å²) in [6.07, 6.45) is 2.06. The Morgan fingerprint density at radius 2 is 2.22 bits per heavy atom. The first-order valence-corrected chi connectivity index (χ1v) is 7.09. The molecule has 0 spiro atoms. The summed E-state index contributed by atoms with van der Waals surface area (Å²) in [5.41, 5.74) is 2.41. The van der Waals surface area contributed by atoms with E-state index in [1.165, 1.54) is 11.1 Å². The van der Waals surface area contributed by atoms with Crippen molar-refractivity contribution in [2.45, 2.75) is 32.7 Å². The maximum atomic E-state index is 5.30. The molecule has 0 heterocycles. The monoisotopic (exact) mass is 311 g/mol. The van der Waals surface area contributed by atoms with Crippen LogP contribution in [0.1, 0.15) is 38.3 Å². The van der Waals surface area contributed by atoms with Crippen LogP contribution in [0.25, 0.3) is 0 Å². The zero-order valence-corrected chi connectivity index (χ0v) is 13.0. The van der Waals surface area contributed by atoms with Gasteiger partial charge in [0.25, 0.3) is 0 Å². The van der Waals surface area contributed by atoms with E-state index >= 15 is 0 Å². The van der Waals surface area contributed by atoms with Gasteiger partial charge in [-0.25, -0.2) is 0 Å². The van der Waals surface area contributed by atoms with Crippen LogP contribution >= 0.6 is 15.9 Å². The second-order valence-electron chi connectivity index (χ2n) is 4.56. The van der Waals surface area contributed by atoms with E-state index in [4.69, 9.17) is 4.74 Å². The number of rotatable bonds is 7. The van der Waals surface area contributed by atoms with E-state index in [0.717, 1.165) is 29.6 Å². The number of ether oxygens (including phenoxy) is 1. The molecule has 0 saturated heterocycles. The first kappa shape index (κ1) is 15.3. The molecular formula is C15H22BrNO. The van der Waals surface area contributed by atoms with Crippen LogP contribution < -0.4 is 10.1 Å². The summed E-state index contributed by atoms with van der Waals surface area (Å²) in [7, 11) is 1.69. The minimum Gasteiger partial charge on any atom is -0.497 e. The van der Waals surface area contributed by atoms with Gasteiger partial charge in [0, 0.05) is 10.5 Å². The van der Waals surface area contributed by atoms with E-state index in [0.29, 0.717) is 0 Å². The van der Waals surface area contributed by atoms with Crippen LogP contribution in [0.2, 0.25) is 0 Å². The molecule has 0 aromatic heterocycles. The predicted molar refractivity (Wildman–Crippen MR) is 81.2 cm³/mol. The van der Waals surface area contributed by atoms with Gasteiger partial charge in [0.15, 0.2) is 0 Å². The highest BCUT2D eigenvalue weighted by Crippen LogP contribution is 2.30. The molecule has 1 rings (SSSR count). The van der Waals surface area contributed by atoms with E-state index in [9.17, 15) is 0 Å². The van der Waals surface area contributed by atoms with Crippen molar-refractivity contribution >= 4 is 15.9 Å². The number of benzene rings is 1. The Hall–Kier alpha value is -0.800. The van der Waals surface area contributed by atoms with E-state index in [-0.39, 0.29) is 6.04 Å². The Labute approximate surface area is 119 Å². The molecule has 0 fully saturated rings. The molecule has 0 aliphatic heterocycles. The minimum absolute atomic E-state index is 0.284. The SMILES string of the molecule is C=C(C)CC(NCCC)c1cc(OC)ccc1Br. The normalized spacial score (nSPS) is 12.2. The fourth-order valence-corrected chi connectivity index (χ4v) is 2.40. The van der Waals surface area contributed by atoms with Crippen molar-refractivity contribution in [1.82, 2.24) is 5.32 Å². The summed E-state index contributed by atoms with van der Waals surface area (Å²) in [4.78, 5) is 0. The number of halogens is 1. The highest BCUT2D eigenvalue weighted by Gasteiger charge is 2.14. The molecule has 0 aliphatic carbocycles. The molecular weight excluding hydrogens is 290 g/mol. The van der Waals surface area contributed by atoms with E-state index in [1.54, 1.807) is 7.11 Å². The second kappa shape index (κ2) is 7.59.